The fourth-order valence-electron chi connectivity index (χ4n) is 2.51. The quantitative estimate of drug-likeness (QED) is 0.874. The summed E-state index contributed by atoms with van der Waals surface area (Å²) in [5.74, 6) is -0.283. The highest BCUT2D eigenvalue weighted by Crippen LogP contribution is 2.42. The summed E-state index contributed by atoms with van der Waals surface area (Å²) in [6.45, 7) is 7.85. The van der Waals surface area contributed by atoms with E-state index in [0.717, 1.165) is 18.6 Å². The van der Waals surface area contributed by atoms with Gasteiger partial charge in [-0.3, -0.25) is 4.98 Å². The van der Waals surface area contributed by atoms with Crippen LogP contribution in [0.15, 0.2) is 18.5 Å². The number of hydrogen-bond acceptors (Lipinski definition) is 3. The van der Waals surface area contributed by atoms with Crippen LogP contribution in [-0.4, -0.2) is 23.7 Å². The third-order valence-corrected chi connectivity index (χ3v) is 3.86. The van der Waals surface area contributed by atoms with Crippen molar-refractivity contribution in [2.45, 2.75) is 45.9 Å². The van der Waals surface area contributed by atoms with Gasteiger partial charge in [0.15, 0.2) is 0 Å². The van der Waals surface area contributed by atoms with Crippen molar-refractivity contribution in [2.75, 3.05) is 6.61 Å². The minimum atomic E-state index is -0.283. The van der Waals surface area contributed by atoms with Gasteiger partial charge in [-0.15, -0.1) is 0 Å². The number of nitrogens with zero attached hydrogens (tertiary/aromatic N) is 1. The van der Waals surface area contributed by atoms with Gasteiger partial charge in [0.25, 0.3) is 0 Å². The highest BCUT2D eigenvalue weighted by atomic mass is 19.1. The van der Waals surface area contributed by atoms with Crippen molar-refractivity contribution in [1.82, 2.24) is 10.3 Å². The maximum absolute atomic E-state index is 13.0. The van der Waals surface area contributed by atoms with Crippen molar-refractivity contribution >= 4 is 0 Å². The SMILES string of the molecule is CCOC1CC(NCc2cncc(F)c2)C1(C)C. The number of hydrogen-bond donors (Lipinski definition) is 1. The van der Waals surface area contributed by atoms with E-state index in [1.807, 2.05) is 6.92 Å². The van der Waals surface area contributed by atoms with Crippen LogP contribution in [-0.2, 0) is 11.3 Å². The standard InChI is InChI=1S/C14H21FN2O/c1-4-18-13-6-12(14(13,2)3)17-8-10-5-11(15)9-16-7-10/h5,7,9,12-13,17H,4,6,8H2,1-3H3. The number of halogens is 1. The third kappa shape index (κ3) is 2.70. The highest BCUT2D eigenvalue weighted by Gasteiger charge is 2.48. The molecule has 100 valence electrons. The first-order chi connectivity index (χ1) is 8.54. The Morgan fingerprint density at radius 3 is 2.89 bits per heavy atom. The maximum atomic E-state index is 13.0. The lowest BCUT2D eigenvalue weighted by Gasteiger charge is -2.52. The Morgan fingerprint density at radius 2 is 2.28 bits per heavy atom. The molecule has 0 aromatic carbocycles. The molecular formula is C14H21FN2O. The van der Waals surface area contributed by atoms with Crippen molar-refractivity contribution < 1.29 is 9.13 Å². The summed E-state index contributed by atoms with van der Waals surface area (Å²) in [6.07, 6.45) is 4.26. The molecule has 1 aromatic heterocycles. The van der Waals surface area contributed by atoms with E-state index in [2.05, 4.69) is 24.1 Å². The lowest BCUT2D eigenvalue weighted by molar-refractivity contribution is -0.114. The Balaban J connectivity index is 1.85. The van der Waals surface area contributed by atoms with Crippen molar-refractivity contribution in [3.63, 3.8) is 0 Å². The van der Waals surface area contributed by atoms with Gasteiger partial charge in [-0.2, -0.15) is 0 Å². The Kier molecular flexibility index (Phi) is 3.97. The molecular weight excluding hydrogens is 231 g/mol. The summed E-state index contributed by atoms with van der Waals surface area (Å²) >= 11 is 0. The average Bonchev–Trinajstić information content (AvgIpc) is 2.33. The molecule has 0 spiro atoms. The summed E-state index contributed by atoms with van der Waals surface area (Å²) in [4.78, 5) is 3.85. The summed E-state index contributed by atoms with van der Waals surface area (Å²) < 4.78 is 18.7. The number of rotatable bonds is 5. The fourth-order valence-corrected chi connectivity index (χ4v) is 2.51. The highest BCUT2D eigenvalue weighted by molar-refractivity contribution is 5.11. The largest absolute Gasteiger partial charge is 0.378 e. The normalized spacial score (nSPS) is 25.8. The predicted octanol–water partition coefficient (Wildman–Crippen LogP) is 2.51. The minimum Gasteiger partial charge on any atom is -0.378 e. The van der Waals surface area contributed by atoms with Crippen molar-refractivity contribution in [1.29, 1.82) is 0 Å². The van der Waals surface area contributed by atoms with E-state index in [-0.39, 0.29) is 11.2 Å². The molecule has 1 aliphatic rings. The zero-order chi connectivity index (χ0) is 13.2. The number of ether oxygens (including phenoxy) is 1. The first-order valence-corrected chi connectivity index (χ1v) is 6.48. The second-order valence-electron chi connectivity index (χ2n) is 5.45. The zero-order valence-corrected chi connectivity index (χ0v) is 11.2. The van der Waals surface area contributed by atoms with Gasteiger partial charge in [-0.1, -0.05) is 13.8 Å². The molecule has 0 radical (unpaired) electrons. The average molecular weight is 252 g/mol. The molecule has 0 saturated heterocycles. The predicted molar refractivity (Wildman–Crippen MR) is 68.6 cm³/mol. The van der Waals surface area contributed by atoms with Gasteiger partial charge in [0.1, 0.15) is 5.82 Å². The summed E-state index contributed by atoms with van der Waals surface area (Å²) in [7, 11) is 0. The van der Waals surface area contributed by atoms with E-state index in [1.165, 1.54) is 12.3 Å². The van der Waals surface area contributed by atoms with Gasteiger partial charge < -0.3 is 10.1 Å². The molecule has 1 N–H and O–H groups in total. The fraction of sp³-hybridized carbons (Fsp3) is 0.643. The van der Waals surface area contributed by atoms with Crippen LogP contribution in [0, 0.1) is 11.2 Å². The van der Waals surface area contributed by atoms with Gasteiger partial charge in [0.05, 0.1) is 12.3 Å². The van der Waals surface area contributed by atoms with Crippen molar-refractivity contribution in [3.8, 4) is 0 Å². The lowest BCUT2D eigenvalue weighted by Crippen LogP contribution is -2.60. The molecule has 3 nitrogen and oxygen atoms in total. The smallest absolute Gasteiger partial charge is 0.141 e. The summed E-state index contributed by atoms with van der Waals surface area (Å²) in [6, 6.07) is 1.93. The molecule has 1 saturated carbocycles. The van der Waals surface area contributed by atoms with Crippen LogP contribution in [0.2, 0.25) is 0 Å². The first-order valence-electron chi connectivity index (χ1n) is 6.48. The van der Waals surface area contributed by atoms with Crippen LogP contribution < -0.4 is 5.32 Å². The molecule has 0 amide bonds. The van der Waals surface area contributed by atoms with E-state index in [0.29, 0.717) is 18.7 Å². The van der Waals surface area contributed by atoms with Crippen molar-refractivity contribution in [2.24, 2.45) is 5.41 Å². The molecule has 18 heavy (non-hydrogen) atoms. The second-order valence-corrected chi connectivity index (χ2v) is 5.45. The second kappa shape index (κ2) is 5.33. The van der Waals surface area contributed by atoms with E-state index >= 15 is 0 Å². The van der Waals surface area contributed by atoms with E-state index < -0.39 is 0 Å². The number of aromatic nitrogens is 1. The molecule has 1 fully saturated rings. The molecule has 1 aromatic rings. The Bertz CT molecular complexity index is 409. The molecule has 0 aliphatic heterocycles. The van der Waals surface area contributed by atoms with E-state index in [9.17, 15) is 4.39 Å². The summed E-state index contributed by atoms with van der Waals surface area (Å²) in [5.41, 5.74) is 1.02. The molecule has 2 rings (SSSR count). The third-order valence-electron chi connectivity index (χ3n) is 3.86. The Morgan fingerprint density at radius 1 is 1.50 bits per heavy atom. The van der Waals surface area contributed by atoms with Gasteiger partial charge >= 0.3 is 0 Å². The Hall–Kier alpha value is -1.00. The molecule has 2 atom stereocenters. The minimum absolute atomic E-state index is 0.136. The Labute approximate surface area is 108 Å². The van der Waals surface area contributed by atoms with Gasteiger partial charge in [-0.05, 0) is 25.0 Å². The lowest BCUT2D eigenvalue weighted by atomic mass is 9.64. The van der Waals surface area contributed by atoms with Crippen molar-refractivity contribution in [3.05, 3.63) is 29.8 Å². The molecule has 2 unspecified atom stereocenters. The molecule has 4 heteroatoms. The van der Waals surface area contributed by atoms with Crippen LogP contribution in [0.1, 0.15) is 32.8 Å². The monoisotopic (exact) mass is 252 g/mol. The zero-order valence-electron chi connectivity index (χ0n) is 11.2. The summed E-state index contributed by atoms with van der Waals surface area (Å²) in [5, 5.41) is 3.45. The topological polar surface area (TPSA) is 34.1 Å². The van der Waals surface area contributed by atoms with Gasteiger partial charge in [0.2, 0.25) is 0 Å². The van der Waals surface area contributed by atoms with Gasteiger partial charge in [0, 0.05) is 30.8 Å². The number of pyridine rings is 1. The van der Waals surface area contributed by atoms with Crippen LogP contribution in [0.4, 0.5) is 4.39 Å². The van der Waals surface area contributed by atoms with E-state index in [1.54, 1.807) is 6.20 Å². The van der Waals surface area contributed by atoms with Crippen LogP contribution >= 0.6 is 0 Å². The molecule has 1 heterocycles. The first kappa shape index (κ1) is 13.4. The van der Waals surface area contributed by atoms with Gasteiger partial charge in [-0.25, -0.2) is 4.39 Å². The molecule has 1 aliphatic carbocycles. The van der Waals surface area contributed by atoms with Crippen LogP contribution in [0.5, 0.6) is 0 Å². The number of nitrogens with one attached hydrogen (secondary N) is 1. The maximum Gasteiger partial charge on any atom is 0.141 e. The van der Waals surface area contributed by atoms with Crippen LogP contribution in [0.25, 0.3) is 0 Å². The molecule has 0 bridgehead atoms. The van der Waals surface area contributed by atoms with E-state index in [4.69, 9.17) is 4.74 Å². The van der Waals surface area contributed by atoms with Crippen LogP contribution in [0.3, 0.4) is 0 Å².